The molecule has 0 radical (unpaired) electrons. The summed E-state index contributed by atoms with van der Waals surface area (Å²) in [6, 6.07) is 0. The number of methoxy groups -OCH3 is 1. The molecule has 0 aromatic carbocycles. The first-order valence-corrected chi connectivity index (χ1v) is 7.12. The third kappa shape index (κ3) is 1.76. The van der Waals surface area contributed by atoms with E-state index in [0.29, 0.717) is 19.6 Å². The molecule has 4 nitrogen and oxygen atoms in total. The largest absolute Gasteiger partial charge is 0.385 e. The molecule has 0 saturated heterocycles. The molecule has 2 fully saturated rings. The standard InChI is InChI=1S/C15H25NO3/c1-13(2)14(3)6-7-15(13,10-11(14)17)12(18)16-8-5-9-19-4/h5-10H2,1-4H3,(H,16,18)/t14-,15-/m1/s1. The number of hydrogen-bond acceptors (Lipinski definition) is 3. The highest BCUT2D eigenvalue weighted by Crippen LogP contribution is 2.70. The lowest BCUT2D eigenvalue weighted by Crippen LogP contribution is -2.47. The second kappa shape index (κ2) is 4.58. The second-order valence-electron chi connectivity index (χ2n) is 6.74. The first kappa shape index (κ1) is 14.5. The van der Waals surface area contributed by atoms with Gasteiger partial charge >= 0.3 is 0 Å². The highest BCUT2D eigenvalue weighted by atomic mass is 16.5. The van der Waals surface area contributed by atoms with Crippen LogP contribution in [0.25, 0.3) is 0 Å². The highest BCUT2D eigenvalue weighted by molar-refractivity contribution is 5.99. The zero-order chi connectivity index (χ0) is 14.3. The summed E-state index contributed by atoms with van der Waals surface area (Å²) in [4.78, 5) is 24.8. The molecule has 2 aliphatic carbocycles. The van der Waals surface area contributed by atoms with Crippen molar-refractivity contribution in [1.82, 2.24) is 5.32 Å². The maximum Gasteiger partial charge on any atom is 0.227 e. The molecule has 2 atom stereocenters. The molecular formula is C15H25NO3. The first-order chi connectivity index (χ1) is 8.82. The SMILES string of the molecule is COCCCNC(=O)[C@@]12CC[C@](C)(C(=O)C1)C2(C)C. The second-order valence-corrected chi connectivity index (χ2v) is 6.74. The number of fused-ring (bicyclic) bond motifs is 2. The Balaban J connectivity index is 2.11. The van der Waals surface area contributed by atoms with Gasteiger partial charge in [-0.05, 0) is 24.7 Å². The minimum absolute atomic E-state index is 0.0585. The van der Waals surface area contributed by atoms with E-state index in [1.807, 2.05) is 6.92 Å². The third-order valence-corrected chi connectivity index (χ3v) is 5.95. The van der Waals surface area contributed by atoms with Crippen molar-refractivity contribution in [1.29, 1.82) is 0 Å². The molecule has 0 heterocycles. The van der Waals surface area contributed by atoms with Crippen LogP contribution in [0.15, 0.2) is 0 Å². The number of rotatable bonds is 5. The van der Waals surface area contributed by atoms with E-state index < -0.39 is 5.41 Å². The lowest BCUT2D eigenvalue weighted by Gasteiger charge is -2.38. The maximum absolute atomic E-state index is 12.6. The Morgan fingerprint density at radius 1 is 1.32 bits per heavy atom. The Bertz CT molecular complexity index is 404. The summed E-state index contributed by atoms with van der Waals surface area (Å²) in [5.41, 5.74) is -1.06. The van der Waals surface area contributed by atoms with Gasteiger partial charge in [-0.25, -0.2) is 0 Å². The lowest BCUT2D eigenvalue weighted by molar-refractivity contribution is -0.136. The van der Waals surface area contributed by atoms with Gasteiger partial charge in [0.25, 0.3) is 0 Å². The predicted octanol–water partition coefficient (Wildman–Crippen LogP) is 1.92. The molecule has 2 bridgehead atoms. The molecule has 0 aromatic heterocycles. The summed E-state index contributed by atoms with van der Waals surface area (Å²) in [5, 5.41) is 3.00. The smallest absolute Gasteiger partial charge is 0.227 e. The van der Waals surface area contributed by atoms with E-state index in [9.17, 15) is 9.59 Å². The van der Waals surface area contributed by atoms with Crippen LogP contribution in [0.4, 0.5) is 0 Å². The van der Waals surface area contributed by atoms with E-state index >= 15 is 0 Å². The zero-order valence-electron chi connectivity index (χ0n) is 12.5. The van der Waals surface area contributed by atoms with Crippen LogP contribution in [0.3, 0.4) is 0 Å². The Labute approximate surface area is 115 Å². The van der Waals surface area contributed by atoms with Gasteiger partial charge in [-0.15, -0.1) is 0 Å². The zero-order valence-corrected chi connectivity index (χ0v) is 12.5. The van der Waals surface area contributed by atoms with Gasteiger partial charge in [-0.1, -0.05) is 20.8 Å². The monoisotopic (exact) mass is 267 g/mol. The number of Topliss-reactive ketones (excluding diaryl/α,β-unsaturated/α-hetero) is 1. The quantitative estimate of drug-likeness (QED) is 0.774. The van der Waals surface area contributed by atoms with Crippen LogP contribution in [-0.4, -0.2) is 32.0 Å². The van der Waals surface area contributed by atoms with Crippen molar-refractivity contribution >= 4 is 11.7 Å². The average Bonchev–Trinajstić information content (AvgIpc) is 2.65. The Morgan fingerprint density at radius 2 is 2.00 bits per heavy atom. The van der Waals surface area contributed by atoms with E-state index in [1.165, 1.54) is 0 Å². The van der Waals surface area contributed by atoms with Crippen LogP contribution in [0, 0.1) is 16.2 Å². The molecule has 1 amide bonds. The molecule has 2 saturated carbocycles. The number of ketones is 1. The van der Waals surface area contributed by atoms with Crippen molar-refractivity contribution in [3.05, 3.63) is 0 Å². The number of amides is 1. The molecule has 4 heteroatoms. The molecule has 1 N–H and O–H groups in total. The number of carbonyl (C=O) groups is 2. The van der Waals surface area contributed by atoms with Gasteiger partial charge in [0.2, 0.25) is 5.91 Å². The van der Waals surface area contributed by atoms with E-state index in [0.717, 1.165) is 19.3 Å². The van der Waals surface area contributed by atoms with Crippen LogP contribution in [0.1, 0.15) is 46.5 Å². The van der Waals surface area contributed by atoms with Crippen molar-refractivity contribution < 1.29 is 14.3 Å². The molecule has 2 aliphatic rings. The molecule has 2 rings (SSSR count). The molecule has 19 heavy (non-hydrogen) atoms. The van der Waals surface area contributed by atoms with Gasteiger partial charge < -0.3 is 10.1 Å². The Morgan fingerprint density at radius 3 is 2.47 bits per heavy atom. The fourth-order valence-electron chi connectivity index (χ4n) is 3.95. The van der Waals surface area contributed by atoms with Crippen molar-refractivity contribution in [3.8, 4) is 0 Å². The molecule has 0 aliphatic heterocycles. The summed E-state index contributed by atoms with van der Waals surface area (Å²) >= 11 is 0. The Hall–Kier alpha value is -0.900. The third-order valence-electron chi connectivity index (χ3n) is 5.95. The topological polar surface area (TPSA) is 55.4 Å². The van der Waals surface area contributed by atoms with Crippen LogP contribution in [-0.2, 0) is 14.3 Å². The summed E-state index contributed by atoms with van der Waals surface area (Å²) < 4.78 is 4.98. The fourth-order valence-corrected chi connectivity index (χ4v) is 3.95. The van der Waals surface area contributed by atoms with E-state index in [2.05, 4.69) is 19.2 Å². The number of hydrogen-bond donors (Lipinski definition) is 1. The highest BCUT2D eigenvalue weighted by Gasteiger charge is 2.72. The van der Waals surface area contributed by atoms with E-state index in [-0.39, 0.29) is 22.5 Å². The van der Waals surface area contributed by atoms with Crippen molar-refractivity contribution in [2.45, 2.75) is 46.5 Å². The first-order valence-electron chi connectivity index (χ1n) is 7.12. The minimum Gasteiger partial charge on any atom is -0.385 e. The summed E-state index contributed by atoms with van der Waals surface area (Å²) in [5.74, 6) is 0.318. The molecule has 108 valence electrons. The number of nitrogens with one attached hydrogen (secondary N) is 1. The van der Waals surface area contributed by atoms with Gasteiger partial charge in [0.05, 0.1) is 5.41 Å². The van der Waals surface area contributed by atoms with Crippen molar-refractivity contribution in [2.75, 3.05) is 20.3 Å². The van der Waals surface area contributed by atoms with E-state index in [1.54, 1.807) is 7.11 Å². The fraction of sp³-hybridized carbons (Fsp3) is 0.867. The van der Waals surface area contributed by atoms with Crippen LogP contribution in [0.2, 0.25) is 0 Å². The lowest BCUT2D eigenvalue weighted by atomic mass is 9.64. The summed E-state index contributed by atoms with van der Waals surface area (Å²) in [6.45, 7) is 7.46. The maximum atomic E-state index is 12.6. The molecule has 0 aromatic rings. The van der Waals surface area contributed by atoms with Gasteiger partial charge in [-0.2, -0.15) is 0 Å². The Kier molecular flexibility index (Phi) is 3.50. The molecular weight excluding hydrogens is 242 g/mol. The van der Waals surface area contributed by atoms with Crippen LogP contribution >= 0.6 is 0 Å². The number of ether oxygens (including phenoxy) is 1. The van der Waals surface area contributed by atoms with Gasteiger partial charge in [0, 0.05) is 32.1 Å². The minimum atomic E-state index is -0.494. The average molecular weight is 267 g/mol. The van der Waals surface area contributed by atoms with Gasteiger partial charge in [-0.3, -0.25) is 9.59 Å². The van der Waals surface area contributed by atoms with Crippen LogP contribution in [0.5, 0.6) is 0 Å². The molecule has 0 spiro atoms. The summed E-state index contributed by atoms with van der Waals surface area (Å²) in [7, 11) is 1.65. The molecule has 0 unspecified atom stereocenters. The van der Waals surface area contributed by atoms with Crippen molar-refractivity contribution in [3.63, 3.8) is 0 Å². The summed E-state index contributed by atoms with van der Waals surface area (Å²) in [6.07, 6.45) is 2.89. The predicted molar refractivity (Wildman–Crippen MR) is 72.7 cm³/mol. The van der Waals surface area contributed by atoms with Crippen LogP contribution < -0.4 is 5.32 Å². The van der Waals surface area contributed by atoms with Crippen molar-refractivity contribution in [2.24, 2.45) is 16.2 Å². The van der Waals surface area contributed by atoms with E-state index in [4.69, 9.17) is 4.74 Å². The van der Waals surface area contributed by atoms with Gasteiger partial charge in [0.1, 0.15) is 5.78 Å². The van der Waals surface area contributed by atoms with Gasteiger partial charge in [0.15, 0.2) is 0 Å². The number of carbonyl (C=O) groups excluding carboxylic acids is 2. The normalized spacial score (nSPS) is 35.7.